The van der Waals surface area contributed by atoms with Crippen molar-refractivity contribution in [1.29, 1.82) is 0 Å². The molecule has 118 valence electrons. The molecule has 9 nitrogen and oxygen atoms in total. The molecule has 1 aromatic rings. The summed E-state index contributed by atoms with van der Waals surface area (Å²) in [7, 11) is 0. The van der Waals surface area contributed by atoms with Crippen LogP contribution in [0.5, 0.6) is 0 Å². The number of aliphatic hydroxyl groups excluding tert-OH is 1. The Hall–Kier alpha value is -2.68. The van der Waals surface area contributed by atoms with Crippen molar-refractivity contribution >= 4 is 28.9 Å². The number of carbonyl (C=O) groups is 2. The summed E-state index contributed by atoms with van der Waals surface area (Å²) < 4.78 is 0. The molecule has 1 aromatic carbocycles. The van der Waals surface area contributed by atoms with Crippen LogP contribution in [0.1, 0.15) is 6.42 Å². The fourth-order valence-corrected chi connectivity index (χ4v) is 2.33. The summed E-state index contributed by atoms with van der Waals surface area (Å²) in [6, 6.07) is 4.03. The highest BCUT2D eigenvalue weighted by atomic mass is 16.6. The first-order valence-corrected chi connectivity index (χ1v) is 6.67. The van der Waals surface area contributed by atoms with Gasteiger partial charge in [0.1, 0.15) is 0 Å². The summed E-state index contributed by atoms with van der Waals surface area (Å²) in [5.74, 6) is -1.51. The maximum atomic E-state index is 12.1. The molecule has 22 heavy (non-hydrogen) atoms. The van der Waals surface area contributed by atoms with E-state index in [4.69, 9.17) is 10.8 Å². The first kappa shape index (κ1) is 15.7. The third kappa shape index (κ3) is 3.14. The first-order chi connectivity index (χ1) is 10.4. The molecule has 1 aliphatic heterocycles. The molecule has 9 heteroatoms. The summed E-state index contributed by atoms with van der Waals surface area (Å²) in [6.45, 7) is 0.184. The zero-order chi connectivity index (χ0) is 16.3. The molecule has 1 fully saturated rings. The first-order valence-electron chi connectivity index (χ1n) is 6.67. The molecule has 0 aliphatic carbocycles. The van der Waals surface area contributed by atoms with Crippen molar-refractivity contribution in [2.24, 2.45) is 11.7 Å². The van der Waals surface area contributed by atoms with Gasteiger partial charge in [0, 0.05) is 31.6 Å². The van der Waals surface area contributed by atoms with E-state index in [1.807, 2.05) is 0 Å². The van der Waals surface area contributed by atoms with Gasteiger partial charge in [-0.2, -0.15) is 0 Å². The van der Waals surface area contributed by atoms with E-state index in [-0.39, 0.29) is 37.7 Å². The molecular formula is C13H16N4O5. The van der Waals surface area contributed by atoms with E-state index in [2.05, 4.69) is 5.32 Å². The van der Waals surface area contributed by atoms with Crippen LogP contribution in [0.15, 0.2) is 18.2 Å². The lowest BCUT2D eigenvalue weighted by Crippen LogP contribution is -2.29. The number of aliphatic hydroxyl groups is 1. The van der Waals surface area contributed by atoms with Gasteiger partial charge in [-0.3, -0.25) is 19.7 Å². The quantitative estimate of drug-likeness (QED) is 0.493. The number of rotatable bonds is 6. The van der Waals surface area contributed by atoms with Crippen molar-refractivity contribution in [1.82, 2.24) is 0 Å². The minimum Gasteiger partial charge on any atom is -0.395 e. The average molecular weight is 308 g/mol. The number of hydrogen-bond donors (Lipinski definition) is 3. The zero-order valence-corrected chi connectivity index (χ0v) is 11.7. The van der Waals surface area contributed by atoms with Crippen LogP contribution >= 0.6 is 0 Å². The van der Waals surface area contributed by atoms with Crippen molar-refractivity contribution in [3.63, 3.8) is 0 Å². The molecule has 0 saturated carbocycles. The molecule has 0 radical (unpaired) electrons. The number of nitro groups is 1. The second kappa shape index (κ2) is 6.39. The molecule has 0 bridgehead atoms. The third-order valence-electron chi connectivity index (χ3n) is 3.44. The maximum absolute atomic E-state index is 12.1. The number of nitrogens with zero attached hydrogens (tertiary/aromatic N) is 2. The number of benzene rings is 1. The van der Waals surface area contributed by atoms with Gasteiger partial charge in [-0.25, -0.2) is 0 Å². The summed E-state index contributed by atoms with van der Waals surface area (Å²) in [4.78, 5) is 35.0. The zero-order valence-electron chi connectivity index (χ0n) is 11.7. The summed E-state index contributed by atoms with van der Waals surface area (Å²) in [5, 5.41) is 22.7. The second-order valence-corrected chi connectivity index (χ2v) is 4.92. The van der Waals surface area contributed by atoms with Crippen LogP contribution in [0, 0.1) is 16.0 Å². The molecule has 2 amide bonds. The molecular weight excluding hydrogens is 292 g/mol. The number of nitrogens with one attached hydrogen (secondary N) is 1. The lowest BCUT2D eigenvalue weighted by atomic mass is 10.1. The van der Waals surface area contributed by atoms with Crippen molar-refractivity contribution in [2.45, 2.75) is 6.42 Å². The molecule has 1 atom stereocenters. The smallest absolute Gasteiger partial charge is 0.271 e. The van der Waals surface area contributed by atoms with Gasteiger partial charge >= 0.3 is 0 Å². The number of primary amides is 1. The SMILES string of the molecule is NC(=O)C1CC(=O)N(c2cc([N+](=O)[O-])ccc2NCCO)C1. The number of amides is 2. The van der Waals surface area contributed by atoms with Gasteiger partial charge < -0.3 is 21.1 Å². The Morgan fingerprint density at radius 2 is 2.27 bits per heavy atom. The van der Waals surface area contributed by atoms with Gasteiger partial charge in [0.15, 0.2) is 0 Å². The topological polar surface area (TPSA) is 139 Å². The molecule has 1 saturated heterocycles. The van der Waals surface area contributed by atoms with Crippen molar-refractivity contribution in [3.8, 4) is 0 Å². The van der Waals surface area contributed by atoms with Gasteiger partial charge in [-0.05, 0) is 6.07 Å². The standard InChI is InChI=1S/C13H16N4O5/c14-13(20)8-5-12(19)16(7-8)11-6-9(17(21)22)1-2-10(11)15-3-4-18/h1-2,6,8,15,18H,3-5,7H2,(H2,14,20). The fraction of sp³-hybridized carbons (Fsp3) is 0.385. The highest BCUT2D eigenvalue weighted by Gasteiger charge is 2.35. The molecule has 0 aromatic heterocycles. The monoisotopic (exact) mass is 308 g/mol. The third-order valence-corrected chi connectivity index (χ3v) is 3.44. The number of hydrogen-bond acceptors (Lipinski definition) is 6. The molecule has 0 spiro atoms. The van der Waals surface area contributed by atoms with Crippen molar-refractivity contribution in [2.75, 3.05) is 29.9 Å². The maximum Gasteiger partial charge on any atom is 0.271 e. The van der Waals surface area contributed by atoms with Crippen molar-refractivity contribution in [3.05, 3.63) is 28.3 Å². The van der Waals surface area contributed by atoms with Crippen LogP contribution in [0.3, 0.4) is 0 Å². The molecule has 2 rings (SSSR count). The molecule has 4 N–H and O–H groups in total. The van der Waals surface area contributed by atoms with E-state index in [0.717, 1.165) is 0 Å². The minimum absolute atomic E-state index is 0.0164. The van der Waals surface area contributed by atoms with Crippen LogP contribution in [-0.4, -0.2) is 41.5 Å². The Labute approximate surface area is 125 Å². The highest BCUT2D eigenvalue weighted by molar-refractivity contribution is 6.02. The van der Waals surface area contributed by atoms with Crippen LogP contribution in [0.2, 0.25) is 0 Å². The van der Waals surface area contributed by atoms with Crippen LogP contribution in [0.4, 0.5) is 17.1 Å². The number of nitro benzene ring substituents is 1. The summed E-state index contributed by atoms with van der Waals surface area (Å²) in [5.41, 5.74) is 5.83. The Morgan fingerprint density at radius 1 is 1.55 bits per heavy atom. The van der Waals surface area contributed by atoms with Gasteiger partial charge in [0.05, 0.1) is 28.8 Å². The second-order valence-electron chi connectivity index (χ2n) is 4.92. The lowest BCUT2D eigenvalue weighted by Gasteiger charge is -2.20. The Bertz CT molecular complexity index is 618. The summed E-state index contributed by atoms with van der Waals surface area (Å²) >= 11 is 0. The molecule has 1 aliphatic rings. The van der Waals surface area contributed by atoms with Crippen LogP contribution < -0.4 is 16.0 Å². The highest BCUT2D eigenvalue weighted by Crippen LogP contribution is 2.34. The summed E-state index contributed by atoms with van der Waals surface area (Å²) in [6.07, 6.45) is -0.0164. The van der Waals surface area contributed by atoms with E-state index in [0.29, 0.717) is 11.4 Å². The number of anilines is 2. The molecule has 1 unspecified atom stereocenters. The van der Waals surface area contributed by atoms with Crippen LogP contribution in [0.25, 0.3) is 0 Å². The fourth-order valence-electron chi connectivity index (χ4n) is 2.33. The van der Waals surface area contributed by atoms with Gasteiger partial charge in [0.25, 0.3) is 5.69 Å². The van der Waals surface area contributed by atoms with E-state index in [1.165, 1.54) is 23.1 Å². The van der Waals surface area contributed by atoms with Gasteiger partial charge in [-0.1, -0.05) is 0 Å². The minimum atomic E-state index is -0.613. The van der Waals surface area contributed by atoms with Gasteiger partial charge in [0.2, 0.25) is 11.8 Å². The largest absolute Gasteiger partial charge is 0.395 e. The van der Waals surface area contributed by atoms with Gasteiger partial charge in [-0.15, -0.1) is 0 Å². The van der Waals surface area contributed by atoms with E-state index < -0.39 is 16.7 Å². The Kier molecular flexibility index (Phi) is 4.56. The normalized spacial score (nSPS) is 17.6. The Balaban J connectivity index is 2.37. The predicted octanol–water partition coefficient (Wildman–Crippen LogP) is -0.163. The number of non-ortho nitro benzene ring substituents is 1. The lowest BCUT2D eigenvalue weighted by molar-refractivity contribution is -0.384. The number of carbonyl (C=O) groups excluding carboxylic acids is 2. The average Bonchev–Trinajstić information content (AvgIpc) is 2.87. The van der Waals surface area contributed by atoms with E-state index in [9.17, 15) is 19.7 Å². The van der Waals surface area contributed by atoms with Crippen LogP contribution in [-0.2, 0) is 9.59 Å². The Morgan fingerprint density at radius 3 is 2.82 bits per heavy atom. The van der Waals surface area contributed by atoms with E-state index >= 15 is 0 Å². The molecule has 1 heterocycles. The van der Waals surface area contributed by atoms with E-state index in [1.54, 1.807) is 0 Å². The predicted molar refractivity (Wildman–Crippen MR) is 78.3 cm³/mol. The number of nitrogens with two attached hydrogens (primary N) is 1. The van der Waals surface area contributed by atoms with Crippen molar-refractivity contribution < 1.29 is 19.6 Å².